The van der Waals surface area contributed by atoms with Gasteiger partial charge in [-0.1, -0.05) is 71.7 Å². The van der Waals surface area contributed by atoms with Crippen LogP contribution in [-0.2, 0) is 45.9 Å². The third-order valence-electron chi connectivity index (χ3n) is 10.8. The molecule has 0 amide bonds. The topological polar surface area (TPSA) is 98.8 Å². The Balaban J connectivity index is 2.30. The molecule has 0 aliphatic carbocycles. The number of rotatable bonds is 24. The molecule has 314 valence electrons. The number of esters is 1. The number of benzene rings is 2. The van der Waals surface area contributed by atoms with Gasteiger partial charge in [-0.15, -0.1) is 0 Å². The largest absolute Gasteiger partial charge is 0.497 e. The number of ketones is 1. The van der Waals surface area contributed by atoms with Crippen LogP contribution in [0, 0.1) is 17.3 Å². The van der Waals surface area contributed by atoms with Crippen molar-refractivity contribution in [3.63, 3.8) is 0 Å². The number of carbonyl (C=O) groups excluding carboxylic acids is 2. The average molecular weight is 813 g/mol. The highest BCUT2D eigenvalue weighted by atomic mass is 28.4. The van der Waals surface area contributed by atoms with Crippen LogP contribution in [0.4, 0.5) is 0 Å². The molecule has 0 spiro atoms. The van der Waals surface area contributed by atoms with E-state index in [1.807, 2.05) is 69.3 Å². The van der Waals surface area contributed by atoms with Crippen molar-refractivity contribution in [2.24, 2.45) is 5.41 Å². The van der Waals surface area contributed by atoms with Crippen molar-refractivity contribution in [2.75, 3.05) is 27.4 Å². The number of ether oxygens (including phenoxy) is 5. The van der Waals surface area contributed by atoms with E-state index in [-0.39, 0.29) is 42.3 Å². The molecule has 0 bridgehead atoms. The van der Waals surface area contributed by atoms with Crippen molar-refractivity contribution in [1.82, 2.24) is 0 Å². The summed E-state index contributed by atoms with van der Waals surface area (Å²) < 4.78 is 42.7. The van der Waals surface area contributed by atoms with Crippen molar-refractivity contribution in [3.05, 3.63) is 59.7 Å². The monoisotopic (exact) mass is 812 g/mol. The van der Waals surface area contributed by atoms with E-state index in [0.717, 1.165) is 40.8 Å². The van der Waals surface area contributed by atoms with Crippen LogP contribution in [0.1, 0.15) is 99.1 Å². The number of carbonyl (C=O) groups is 2. The summed E-state index contributed by atoms with van der Waals surface area (Å²) in [7, 11) is -0.942. The first kappa shape index (κ1) is 49.2. The van der Waals surface area contributed by atoms with Crippen LogP contribution in [0.15, 0.2) is 48.5 Å². The quantitative estimate of drug-likeness (QED) is 0.0337. The van der Waals surface area contributed by atoms with Crippen LogP contribution >= 0.6 is 0 Å². The van der Waals surface area contributed by atoms with Crippen LogP contribution in [0.25, 0.3) is 0 Å². The van der Waals surface area contributed by atoms with Crippen LogP contribution in [0.3, 0.4) is 0 Å². The number of hydrogen-bond donors (Lipinski definition) is 0. The smallest absolute Gasteiger partial charge is 0.311 e. The normalized spacial score (nSPS) is 13.9. The standard InChI is InChI=1S/C45H72O9Si2/c1-14-56(15-2,16-3)54-41(34-52-43(47)44(4,5)6)19-17-18-37(46)30-42(51-33-36-22-26-39(49-11)27-23-36)31-40(53-55(12,13)45(7,8)9)28-29-50-32-35-20-24-38(48-10)25-21-35/h20-27,40-42H,14-16,19,28-34H2,1-13H3/t40-,41+,42+/m0/s1. The molecule has 2 aromatic carbocycles. The summed E-state index contributed by atoms with van der Waals surface area (Å²) in [5.41, 5.74) is 1.40. The van der Waals surface area contributed by atoms with Gasteiger partial charge < -0.3 is 32.5 Å². The van der Waals surface area contributed by atoms with Gasteiger partial charge in [0.15, 0.2) is 16.6 Å². The van der Waals surface area contributed by atoms with Crippen molar-refractivity contribution >= 4 is 28.4 Å². The van der Waals surface area contributed by atoms with Gasteiger partial charge in [0.2, 0.25) is 5.78 Å². The van der Waals surface area contributed by atoms with Crippen molar-refractivity contribution in [3.8, 4) is 23.3 Å². The maximum atomic E-state index is 13.6. The zero-order chi connectivity index (χ0) is 42.0. The summed E-state index contributed by atoms with van der Waals surface area (Å²) in [4.78, 5) is 26.3. The predicted octanol–water partition coefficient (Wildman–Crippen LogP) is 10.3. The van der Waals surface area contributed by atoms with Crippen molar-refractivity contribution in [1.29, 1.82) is 0 Å². The van der Waals surface area contributed by atoms with Crippen LogP contribution in [-0.4, -0.2) is 74.1 Å². The van der Waals surface area contributed by atoms with Gasteiger partial charge >= 0.3 is 5.97 Å². The third kappa shape index (κ3) is 17.2. The van der Waals surface area contributed by atoms with Gasteiger partial charge in [0.05, 0.1) is 45.1 Å². The Morgan fingerprint density at radius 3 is 1.75 bits per heavy atom. The Hall–Kier alpha value is -2.99. The molecule has 2 aromatic rings. The zero-order valence-electron chi connectivity index (χ0n) is 36.8. The highest BCUT2D eigenvalue weighted by Gasteiger charge is 2.40. The van der Waals surface area contributed by atoms with Gasteiger partial charge in [-0.2, -0.15) is 0 Å². The fourth-order valence-electron chi connectivity index (χ4n) is 5.78. The van der Waals surface area contributed by atoms with Crippen LogP contribution < -0.4 is 9.47 Å². The minimum Gasteiger partial charge on any atom is -0.497 e. The summed E-state index contributed by atoms with van der Waals surface area (Å²) in [5.74, 6) is 7.04. The molecule has 0 saturated heterocycles. The fraction of sp³-hybridized carbons (Fsp3) is 0.644. The number of hydrogen-bond acceptors (Lipinski definition) is 9. The van der Waals surface area contributed by atoms with E-state index in [4.69, 9.17) is 32.5 Å². The minimum absolute atomic E-state index is 0.0104. The highest BCUT2D eigenvalue weighted by molar-refractivity contribution is 6.74. The molecule has 56 heavy (non-hydrogen) atoms. The van der Waals surface area contributed by atoms with Crippen LogP contribution in [0.2, 0.25) is 36.3 Å². The first-order valence-electron chi connectivity index (χ1n) is 20.3. The average Bonchev–Trinajstić information content (AvgIpc) is 3.15. The molecule has 11 heteroatoms. The summed E-state index contributed by atoms with van der Waals surface area (Å²) in [6, 6.07) is 18.4. The molecule has 0 aliphatic heterocycles. The molecular formula is C45H72O9Si2. The fourth-order valence-corrected chi connectivity index (χ4v) is 10.0. The lowest BCUT2D eigenvalue weighted by Gasteiger charge is -2.40. The first-order valence-corrected chi connectivity index (χ1v) is 25.7. The van der Waals surface area contributed by atoms with Crippen molar-refractivity contribution < 1.29 is 42.1 Å². The van der Waals surface area contributed by atoms with Crippen LogP contribution in [0.5, 0.6) is 11.5 Å². The molecule has 2 rings (SSSR count). The molecule has 0 N–H and O–H groups in total. The Labute approximate surface area is 341 Å². The van der Waals surface area contributed by atoms with Gasteiger partial charge in [0.25, 0.3) is 0 Å². The lowest BCUT2D eigenvalue weighted by atomic mass is 9.97. The van der Waals surface area contributed by atoms with Crippen molar-refractivity contribution in [2.45, 2.75) is 156 Å². The highest BCUT2D eigenvalue weighted by Crippen LogP contribution is 2.38. The van der Waals surface area contributed by atoms with E-state index < -0.39 is 34.3 Å². The van der Waals surface area contributed by atoms with E-state index in [1.165, 1.54) is 0 Å². The number of Topliss-reactive ketones (excluding diaryl/α,β-unsaturated/α-hetero) is 1. The summed E-state index contributed by atoms with van der Waals surface area (Å²) in [5, 5.41) is -0.0104. The lowest BCUT2D eigenvalue weighted by molar-refractivity contribution is -0.155. The molecule has 0 radical (unpaired) electrons. The van der Waals surface area contributed by atoms with E-state index in [2.05, 4.69) is 66.5 Å². The van der Waals surface area contributed by atoms with Gasteiger partial charge in [0, 0.05) is 25.6 Å². The molecule has 0 unspecified atom stereocenters. The van der Waals surface area contributed by atoms with E-state index in [0.29, 0.717) is 32.7 Å². The molecule has 0 fully saturated rings. The summed E-state index contributed by atoms with van der Waals surface area (Å²) >= 11 is 0. The van der Waals surface area contributed by atoms with Gasteiger partial charge in [-0.05, 0) is 111 Å². The summed E-state index contributed by atoms with van der Waals surface area (Å²) in [6.45, 7) is 24.5. The molecule has 9 nitrogen and oxygen atoms in total. The first-order chi connectivity index (χ1) is 26.3. The predicted molar refractivity (Wildman–Crippen MR) is 230 cm³/mol. The summed E-state index contributed by atoms with van der Waals surface area (Å²) in [6.07, 6.45) is 0.501. The second-order valence-corrected chi connectivity index (χ2v) is 26.7. The van der Waals surface area contributed by atoms with Gasteiger partial charge in [-0.25, -0.2) is 0 Å². The van der Waals surface area contributed by atoms with E-state index in [9.17, 15) is 9.59 Å². The second-order valence-electron chi connectivity index (χ2n) is 17.2. The number of methoxy groups -OCH3 is 2. The van der Waals surface area contributed by atoms with Gasteiger partial charge in [0.1, 0.15) is 18.1 Å². The second kappa shape index (κ2) is 23.4. The lowest BCUT2D eigenvalue weighted by Crippen LogP contribution is -2.45. The maximum Gasteiger partial charge on any atom is 0.311 e. The molecule has 3 atom stereocenters. The Kier molecular flexibility index (Phi) is 20.6. The Morgan fingerprint density at radius 2 is 1.27 bits per heavy atom. The molecule has 0 saturated carbocycles. The Bertz CT molecular complexity index is 1500. The minimum atomic E-state index is -2.20. The van der Waals surface area contributed by atoms with E-state index in [1.54, 1.807) is 14.2 Å². The Morgan fingerprint density at radius 1 is 0.732 bits per heavy atom. The van der Waals surface area contributed by atoms with Gasteiger partial charge in [-0.3, -0.25) is 9.59 Å². The molecule has 0 aliphatic rings. The zero-order valence-corrected chi connectivity index (χ0v) is 38.8. The third-order valence-corrected chi connectivity index (χ3v) is 20.0. The molecular weight excluding hydrogens is 741 g/mol. The SMILES string of the molecule is CC[Si](CC)(CC)O[C@H](CC#CC(=O)C[C@H](C[C@H](CCOCc1ccc(OC)cc1)O[Si](C)(C)C(C)(C)C)OCc1ccc(OC)cc1)COC(=O)C(C)(C)C. The molecule has 0 aromatic heterocycles. The molecule has 0 heterocycles. The maximum absolute atomic E-state index is 13.6. The van der Waals surface area contributed by atoms with E-state index >= 15 is 0 Å².